The molecule has 3 rings (SSSR count). The third kappa shape index (κ3) is 1.55. The maximum atomic E-state index is 11.5. The second kappa shape index (κ2) is 3.79. The zero-order valence-electron chi connectivity index (χ0n) is 9.01. The summed E-state index contributed by atoms with van der Waals surface area (Å²) < 4.78 is 5.58. The van der Waals surface area contributed by atoms with Crippen LogP contribution in [0, 0.1) is 0 Å². The summed E-state index contributed by atoms with van der Waals surface area (Å²) >= 11 is 0. The first-order valence-electron chi connectivity index (χ1n) is 5.63. The van der Waals surface area contributed by atoms with Gasteiger partial charge < -0.3 is 15.4 Å². The van der Waals surface area contributed by atoms with Gasteiger partial charge in [-0.3, -0.25) is 4.79 Å². The molecule has 0 aromatic heterocycles. The molecule has 2 heterocycles. The van der Waals surface area contributed by atoms with Gasteiger partial charge in [0.15, 0.2) is 0 Å². The molecule has 2 aliphatic rings. The number of ether oxygens (including phenoxy) is 1. The number of hydrogen-bond donors (Lipinski definition) is 2. The summed E-state index contributed by atoms with van der Waals surface area (Å²) in [5, 5.41) is 6.28. The van der Waals surface area contributed by atoms with Crippen LogP contribution in [0.2, 0.25) is 0 Å². The Morgan fingerprint density at radius 1 is 1.25 bits per heavy atom. The van der Waals surface area contributed by atoms with Gasteiger partial charge in [0, 0.05) is 6.54 Å². The van der Waals surface area contributed by atoms with Crippen LogP contribution in [0.3, 0.4) is 0 Å². The molecule has 0 bridgehead atoms. The van der Waals surface area contributed by atoms with Crippen molar-refractivity contribution in [3.63, 3.8) is 0 Å². The van der Waals surface area contributed by atoms with Crippen LogP contribution < -0.4 is 15.4 Å². The lowest BCUT2D eigenvalue weighted by Crippen LogP contribution is -2.25. The summed E-state index contributed by atoms with van der Waals surface area (Å²) in [7, 11) is 0. The van der Waals surface area contributed by atoms with Gasteiger partial charge in [-0.05, 0) is 30.2 Å². The molecule has 0 aliphatic carbocycles. The molecule has 16 heavy (non-hydrogen) atoms. The molecule has 0 unspecified atom stereocenters. The highest BCUT2D eigenvalue weighted by Gasteiger charge is 2.21. The van der Waals surface area contributed by atoms with Crippen LogP contribution in [0.5, 0.6) is 5.75 Å². The van der Waals surface area contributed by atoms with Crippen molar-refractivity contribution in [3.8, 4) is 5.75 Å². The van der Waals surface area contributed by atoms with E-state index in [1.54, 1.807) is 0 Å². The number of carbonyl (C=O) groups excluding carboxylic acids is 1. The van der Waals surface area contributed by atoms with Gasteiger partial charge in [-0.25, -0.2) is 0 Å². The fourth-order valence-electron chi connectivity index (χ4n) is 2.27. The monoisotopic (exact) mass is 218 g/mol. The molecule has 0 radical (unpaired) electrons. The normalized spacial score (nSPS) is 18.9. The van der Waals surface area contributed by atoms with E-state index in [0.717, 1.165) is 30.9 Å². The minimum Gasteiger partial charge on any atom is -0.491 e. The molecule has 1 aromatic rings. The van der Waals surface area contributed by atoms with Crippen molar-refractivity contribution < 1.29 is 9.53 Å². The van der Waals surface area contributed by atoms with Crippen LogP contribution in [0.4, 0.5) is 5.69 Å². The molecule has 0 saturated heterocycles. The molecule has 1 amide bonds. The number of amides is 1. The van der Waals surface area contributed by atoms with Crippen molar-refractivity contribution in [3.05, 3.63) is 23.3 Å². The molecular weight excluding hydrogens is 204 g/mol. The van der Waals surface area contributed by atoms with Gasteiger partial charge in [0.2, 0.25) is 5.91 Å². The summed E-state index contributed by atoms with van der Waals surface area (Å²) in [5.41, 5.74) is 3.38. The summed E-state index contributed by atoms with van der Waals surface area (Å²) in [6.07, 6.45) is 1.38. The molecule has 2 aliphatic heterocycles. The van der Waals surface area contributed by atoms with Crippen molar-refractivity contribution in [1.29, 1.82) is 0 Å². The van der Waals surface area contributed by atoms with Crippen LogP contribution in [0.25, 0.3) is 0 Å². The highest BCUT2D eigenvalue weighted by Crippen LogP contribution is 2.34. The first-order chi connectivity index (χ1) is 7.84. The Kier molecular flexibility index (Phi) is 2.29. The van der Waals surface area contributed by atoms with E-state index in [1.807, 2.05) is 6.07 Å². The van der Waals surface area contributed by atoms with E-state index in [-0.39, 0.29) is 5.91 Å². The molecule has 0 spiro atoms. The van der Waals surface area contributed by atoms with Crippen LogP contribution in [-0.2, 0) is 17.8 Å². The predicted molar refractivity (Wildman–Crippen MR) is 60.6 cm³/mol. The van der Waals surface area contributed by atoms with E-state index in [4.69, 9.17) is 4.74 Å². The Bertz CT molecular complexity index is 443. The average molecular weight is 218 g/mol. The highest BCUT2D eigenvalue weighted by molar-refractivity contribution is 5.94. The van der Waals surface area contributed by atoms with Gasteiger partial charge in [-0.15, -0.1) is 0 Å². The molecule has 0 fully saturated rings. The van der Waals surface area contributed by atoms with E-state index >= 15 is 0 Å². The highest BCUT2D eigenvalue weighted by atomic mass is 16.5. The number of rotatable bonds is 0. The van der Waals surface area contributed by atoms with Crippen molar-refractivity contribution >= 4 is 11.6 Å². The van der Waals surface area contributed by atoms with Crippen LogP contribution in [-0.4, -0.2) is 19.1 Å². The number of fused-ring (bicyclic) bond motifs is 3. The summed E-state index contributed by atoms with van der Waals surface area (Å²) in [5.74, 6) is 0.859. The Morgan fingerprint density at radius 3 is 3.12 bits per heavy atom. The van der Waals surface area contributed by atoms with Crippen LogP contribution in [0.15, 0.2) is 12.1 Å². The first-order valence-corrected chi connectivity index (χ1v) is 5.63. The average Bonchev–Trinajstić information content (AvgIpc) is 2.50. The number of benzene rings is 1. The molecular formula is C12H14N2O2. The second-order valence-electron chi connectivity index (χ2n) is 4.15. The van der Waals surface area contributed by atoms with E-state index < -0.39 is 0 Å². The number of nitrogens with one attached hydrogen (secondary N) is 2. The van der Waals surface area contributed by atoms with Crippen molar-refractivity contribution in [2.45, 2.75) is 19.4 Å². The third-order valence-corrected chi connectivity index (χ3v) is 3.09. The van der Waals surface area contributed by atoms with Gasteiger partial charge in [-0.1, -0.05) is 6.07 Å². The lowest BCUT2D eigenvalue weighted by atomic mass is 9.98. The number of carbonyl (C=O) groups is 1. The smallest absolute Gasteiger partial charge is 0.227 e. The van der Waals surface area contributed by atoms with Gasteiger partial charge in [0.25, 0.3) is 0 Å². The SMILES string of the molecule is O=C1CCOc2ccc3c(c2N1)CCNC3. The fraction of sp³-hybridized carbons (Fsp3) is 0.417. The standard InChI is InChI=1S/C12H14N2O2/c15-11-4-6-16-10-2-1-8-7-13-5-3-9(8)12(10)14-11/h1-2,13H,3-7H2,(H,14,15). The molecule has 4 nitrogen and oxygen atoms in total. The largest absolute Gasteiger partial charge is 0.491 e. The van der Waals surface area contributed by atoms with Crippen LogP contribution in [0.1, 0.15) is 17.5 Å². The van der Waals surface area contributed by atoms with Crippen molar-refractivity contribution in [2.24, 2.45) is 0 Å². The van der Waals surface area contributed by atoms with Gasteiger partial charge >= 0.3 is 0 Å². The lowest BCUT2D eigenvalue weighted by Gasteiger charge is -2.21. The molecule has 0 atom stereocenters. The van der Waals surface area contributed by atoms with E-state index in [2.05, 4.69) is 16.7 Å². The van der Waals surface area contributed by atoms with Gasteiger partial charge in [-0.2, -0.15) is 0 Å². The Balaban J connectivity index is 2.10. The maximum absolute atomic E-state index is 11.5. The van der Waals surface area contributed by atoms with Crippen LogP contribution >= 0.6 is 0 Å². The molecule has 2 N–H and O–H groups in total. The fourth-order valence-corrected chi connectivity index (χ4v) is 2.27. The quantitative estimate of drug-likeness (QED) is 0.684. The molecule has 84 valence electrons. The summed E-state index contributed by atoms with van der Waals surface area (Å²) in [6.45, 7) is 2.30. The second-order valence-corrected chi connectivity index (χ2v) is 4.15. The zero-order chi connectivity index (χ0) is 11.0. The van der Waals surface area contributed by atoms with E-state index in [0.29, 0.717) is 13.0 Å². The minimum absolute atomic E-state index is 0.0469. The Morgan fingerprint density at radius 2 is 2.19 bits per heavy atom. The number of hydrogen-bond acceptors (Lipinski definition) is 3. The summed E-state index contributed by atoms with van der Waals surface area (Å²) in [4.78, 5) is 11.5. The van der Waals surface area contributed by atoms with E-state index in [9.17, 15) is 4.79 Å². The minimum atomic E-state index is 0.0469. The van der Waals surface area contributed by atoms with Crippen molar-refractivity contribution in [2.75, 3.05) is 18.5 Å². The molecule has 1 aromatic carbocycles. The predicted octanol–water partition coefficient (Wildman–Crippen LogP) is 1.05. The summed E-state index contributed by atoms with van der Waals surface area (Å²) in [6, 6.07) is 4.03. The van der Waals surface area contributed by atoms with Gasteiger partial charge in [0.1, 0.15) is 5.75 Å². The number of anilines is 1. The molecule has 4 heteroatoms. The topological polar surface area (TPSA) is 50.4 Å². The molecule has 0 saturated carbocycles. The Hall–Kier alpha value is -1.55. The van der Waals surface area contributed by atoms with Gasteiger partial charge in [0.05, 0.1) is 18.7 Å². The maximum Gasteiger partial charge on any atom is 0.227 e. The van der Waals surface area contributed by atoms with E-state index in [1.165, 1.54) is 11.1 Å². The Labute approximate surface area is 94.0 Å². The lowest BCUT2D eigenvalue weighted by molar-refractivity contribution is -0.116. The third-order valence-electron chi connectivity index (χ3n) is 3.09. The zero-order valence-corrected chi connectivity index (χ0v) is 9.01. The van der Waals surface area contributed by atoms with Crippen molar-refractivity contribution in [1.82, 2.24) is 5.32 Å². The first kappa shape index (κ1) is 9.66.